The average molecular weight is 277 g/mol. The van der Waals surface area contributed by atoms with Crippen molar-refractivity contribution in [3.63, 3.8) is 0 Å². The van der Waals surface area contributed by atoms with Crippen LogP contribution in [0.15, 0.2) is 34.7 Å². The van der Waals surface area contributed by atoms with Gasteiger partial charge in [-0.2, -0.15) is 5.10 Å². The van der Waals surface area contributed by atoms with Crippen LogP contribution in [0.3, 0.4) is 0 Å². The molecule has 0 unspecified atom stereocenters. The topological polar surface area (TPSA) is 68.3 Å². The molecule has 0 aliphatic heterocycles. The lowest BCUT2D eigenvalue weighted by Gasteiger charge is -1.95. The summed E-state index contributed by atoms with van der Waals surface area (Å²) in [5, 5.41) is 14.2. The third kappa shape index (κ3) is 1.88. The molecule has 0 atom stereocenters. The Morgan fingerprint density at radius 2 is 2.21 bits per heavy atom. The number of carboxylic acid groups (broad SMARTS) is 1. The van der Waals surface area contributed by atoms with Gasteiger partial charge in [0, 0.05) is 18.5 Å². The molecule has 6 heteroatoms. The number of carboxylic acids is 1. The zero-order valence-corrected chi connectivity index (χ0v) is 10.7. The van der Waals surface area contributed by atoms with Gasteiger partial charge in [0.05, 0.1) is 5.02 Å². The van der Waals surface area contributed by atoms with E-state index in [0.717, 1.165) is 5.39 Å². The number of aromatic carboxylic acids is 1. The normalized spacial score (nSPS) is 11.1. The number of fused-ring (bicyclic) bond motifs is 1. The Bertz CT molecular complexity index is 788. The standard InChI is InChI=1S/C13H9ClN2O3/c1-16-10(6-9(15-16)13(17)18)12-5-7-8(14)3-2-4-11(7)19-12/h2-6H,1H3,(H,17,18). The molecule has 2 heterocycles. The predicted molar refractivity (Wildman–Crippen MR) is 70.4 cm³/mol. The Morgan fingerprint density at radius 3 is 2.84 bits per heavy atom. The van der Waals surface area contributed by atoms with Crippen LogP contribution >= 0.6 is 11.6 Å². The molecule has 3 rings (SSSR count). The molecule has 5 nitrogen and oxygen atoms in total. The number of hydrogen-bond donors (Lipinski definition) is 1. The van der Waals surface area contributed by atoms with E-state index in [0.29, 0.717) is 22.1 Å². The van der Waals surface area contributed by atoms with E-state index in [-0.39, 0.29) is 5.69 Å². The number of aromatic nitrogens is 2. The summed E-state index contributed by atoms with van der Waals surface area (Å²) in [4.78, 5) is 10.9. The van der Waals surface area contributed by atoms with Gasteiger partial charge >= 0.3 is 5.97 Å². The SMILES string of the molecule is Cn1nc(C(=O)O)cc1-c1cc2c(Cl)cccc2o1. The van der Waals surface area contributed by atoms with Crippen molar-refractivity contribution >= 4 is 28.5 Å². The minimum atomic E-state index is -1.07. The van der Waals surface area contributed by atoms with Crippen molar-refractivity contribution < 1.29 is 14.3 Å². The lowest BCUT2D eigenvalue weighted by atomic mass is 10.2. The molecular formula is C13H9ClN2O3. The monoisotopic (exact) mass is 276 g/mol. The maximum absolute atomic E-state index is 10.9. The minimum Gasteiger partial charge on any atom is -0.476 e. The first kappa shape index (κ1) is 11.8. The summed E-state index contributed by atoms with van der Waals surface area (Å²) in [6.07, 6.45) is 0. The molecule has 0 saturated heterocycles. The van der Waals surface area contributed by atoms with Gasteiger partial charge in [-0.1, -0.05) is 17.7 Å². The average Bonchev–Trinajstić information content (AvgIpc) is 2.93. The molecule has 0 aliphatic carbocycles. The second kappa shape index (κ2) is 4.13. The molecule has 0 amide bonds. The number of hydrogen-bond acceptors (Lipinski definition) is 3. The van der Waals surface area contributed by atoms with Crippen LogP contribution < -0.4 is 0 Å². The van der Waals surface area contributed by atoms with E-state index in [1.54, 1.807) is 31.3 Å². The van der Waals surface area contributed by atoms with Gasteiger partial charge in [-0.25, -0.2) is 4.79 Å². The van der Waals surface area contributed by atoms with Gasteiger partial charge in [0.15, 0.2) is 11.5 Å². The van der Waals surface area contributed by atoms with Crippen LogP contribution in [0.4, 0.5) is 0 Å². The summed E-state index contributed by atoms with van der Waals surface area (Å²) in [5.41, 5.74) is 1.22. The lowest BCUT2D eigenvalue weighted by Crippen LogP contribution is -1.99. The number of aryl methyl sites for hydroxylation is 1. The van der Waals surface area contributed by atoms with Crippen molar-refractivity contribution in [1.29, 1.82) is 0 Å². The van der Waals surface area contributed by atoms with Gasteiger partial charge in [-0.3, -0.25) is 4.68 Å². The Kier molecular flexibility index (Phi) is 2.57. The summed E-state index contributed by atoms with van der Waals surface area (Å²) in [6.45, 7) is 0. The van der Waals surface area contributed by atoms with Gasteiger partial charge in [-0.05, 0) is 18.2 Å². The van der Waals surface area contributed by atoms with E-state index in [9.17, 15) is 4.79 Å². The zero-order valence-electron chi connectivity index (χ0n) is 9.92. The largest absolute Gasteiger partial charge is 0.476 e. The Morgan fingerprint density at radius 1 is 1.42 bits per heavy atom. The van der Waals surface area contributed by atoms with Crippen molar-refractivity contribution in [2.24, 2.45) is 7.05 Å². The Hall–Kier alpha value is -2.27. The van der Waals surface area contributed by atoms with Gasteiger partial charge in [0.2, 0.25) is 0 Å². The second-order valence-electron chi connectivity index (χ2n) is 4.11. The van der Waals surface area contributed by atoms with Crippen LogP contribution in [0.1, 0.15) is 10.5 Å². The number of carbonyl (C=O) groups is 1. The maximum Gasteiger partial charge on any atom is 0.356 e. The summed E-state index contributed by atoms with van der Waals surface area (Å²) in [6, 6.07) is 8.62. The van der Waals surface area contributed by atoms with Crippen LogP contribution in [-0.2, 0) is 7.05 Å². The molecule has 2 aromatic heterocycles. The highest BCUT2D eigenvalue weighted by atomic mass is 35.5. The zero-order chi connectivity index (χ0) is 13.6. The number of benzene rings is 1. The molecular weight excluding hydrogens is 268 g/mol. The fourth-order valence-corrected chi connectivity index (χ4v) is 2.17. The first-order chi connectivity index (χ1) is 9.06. The summed E-state index contributed by atoms with van der Waals surface area (Å²) < 4.78 is 7.14. The Balaban J connectivity index is 2.19. The molecule has 0 saturated carbocycles. The quantitative estimate of drug-likeness (QED) is 0.780. The van der Waals surface area contributed by atoms with Crippen LogP contribution in [-0.4, -0.2) is 20.9 Å². The number of nitrogens with zero attached hydrogens (tertiary/aromatic N) is 2. The highest BCUT2D eigenvalue weighted by Gasteiger charge is 2.16. The smallest absolute Gasteiger partial charge is 0.356 e. The van der Waals surface area contributed by atoms with Gasteiger partial charge in [-0.15, -0.1) is 0 Å². The molecule has 19 heavy (non-hydrogen) atoms. The van der Waals surface area contributed by atoms with Gasteiger partial charge in [0.25, 0.3) is 0 Å². The number of furan rings is 1. The van der Waals surface area contributed by atoms with Crippen molar-refractivity contribution in [1.82, 2.24) is 9.78 Å². The minimum absolute atomic E-state index is 0.0240. The van der Waals surface area contributed by atoms with Crippen molar-refractivity contribution in [2.45, 2.75) is 0 Å². The van der Waals surface area contributed by atoms with Crippen LogP contribution in [0.25, 0.3) is 22.4 Å². The fraction of sp³-hybridized carbons (Fsp3) is 0.0769. The molecule has 0 aliphatic rings. The van der Waals surface area contributed by atoms with Crippen molar-refractivity contribution in [3.8, 4) is 11.5 Å². The van der Waals surface area contributed by atoms with E-state index < -0.39 is 5.97 Å². The van der Waals surface area contributed by atoms with Crippen LogP contribution in [0.2, 0.25) is 5.02 Å². The van der Waals surface area contributed by atoms with E-state index in [1.807, 2.05) is 0 Å². The van der Waals surface area contributed by atoms with Gasteiger partial charge < -0.3 is 9.52 Å². The first-order valence-electron chi connectivity index (χ1n) is 5.52. The number of halogens is 1. The van der Waals surface area contributed by atoms with Crippen molar-refractivity contribution in [3.05, 3.63) is 41.0 Å². The maximum atomic E-state index is 10.9. The van der Waals surface area contributed by atoms with E-state index in [4.69, 9.17) is 21.1 Å². The second-order valence-corrected chi connectivity index (χ2v) is 4.51. The lowest BCUT2D eigenvalue weighted by molar-refractivity contribution is 0.0689. The molecule has 0 radical (unpaired) electrons. The summed E-state index contributed by atoms with van der Waals surface area (Å²) in [7, 11) is 1.66. The molecule has 3 aromatic rings. The molecule has 96 valence electrons. The first-order valence-corrected chi connectivity index (χ1v) is 5.90. The highest BCUT2D eigenvalue weighted by Crippen LogP contribution is 2.32. The highest BCUT2D eigenvalue weighted by molar-refractivity contribution is 6.35. The summed E-state index contributed by atoms with van der Waals surface area (Å²) >= 11 is 6.08. The fourth-order valence-electron chi connectivity index (χ4n) is 1.95. The predicted octanol–water partition coefficient (Wildman–Crippen LogP) is 3.18. The molecule has 0 spiro atoms. The van der Waals surface area contributed by atoms with E-state index >= 15 is 0 Å². The third-order valence-electron chi connectivity index (χ3n) is 2.86. The molecule has 1 aromatic carbocycles. The molecule has 0 bridgehead atoms. The Labute approximate surface area is 113 Å². The van der Waals surface area contributed by atoms with Crippen LogP contribution in [0.5, 0.6) is 0 Å². The van der Waals surface area contributed by atoms with Crippen molar-refractivity contribution in [2.75, 3.05) is 0 Å². The third-order valence-corrected chi connectivity index (χ3v) is 3.19. The number of rotatable bonds is 2. The van der Waals surface area contributed by atoms with Gasteiger partial charge in [0.1, 0.15) is 11.3 Å². The van der Waals surface area contributed by atoms with E-state index in [2.05, 4.69) is 5.10 Å². The molecule has 1 N–H and O–H groups in total. The molecule has 0 fully saturated rings. The van der Waals surface area contributed by atoms with E-state index in [1.165, 1.54) is 10.7 Å². The van der Waals surface area contributed by atoms with Crippen LogP contribution in [0, 0.1) is 0 Å². The summed E-state index contributed by atoms with van der Waals surface area (Å²) in [5.74, 6) is -0.540.